The smallest absolute Gasteiger partial charge is 0.223 e. The third-order valence-electron chi connectivity index (χ3n) is 3.90. The summed E-state index contributed by atoms with van der Waals surface area (Å²) in [6.45, 7) is 3.61. The second kappa shape index (κ2) is 5.15. The number of hydrogen-bond acceptors (Lipinski definition) is 3. The van der Waals surface area contributed by atoms with E-state index in [-0.39, 0.29) is 23.9 Å². The highest BCUT2D eigenvalue weighted by molar-refractivity contribution is 5.79. The SMILES string of the molecule is CC1CCC(C(=O)NC2CCOC2)CC1N. The van der Waals surface area contributed by atoms with Crippen molar-refractivity contribution >= 4 is 5.91 Å². The van der Waals surface area contributed by atoms with Crippen LogP contribution in [-0.2, 0) is 9.53 Å². The first-order valence-electron chi connectivity index (χ1n) is 6.30. The van der Waals surface area contributed by atoms with E-state index in [9.17, 15) is 4.79 Å². The van der Waals surface area contributed by atoms with E-state index in [2.05, 4.69) is 12.2 Å². The monoisotopic (exact) mass is 226 g/mol. The van der Waals surface area contributed by atoms with Crippen molar-refractivity contribution in [2.45, 2.75) is 44.7 Å². The van der Waals surface area contributed by atoms with E-state index in [1.807, 2.05) is 0 Å². The van der Waals surface area contributed by atoms with E-state index in [1.165, 1.54) is 0 Å². The molecule has 16 heavy (non-hydrogen) atoms. The van der Waals surface area contributed by atoms with Crippen LogP contribution in [0.1, 0.15) is 32.6 Å². The highest BCUT2D eigenvalue weighted by Gasteiger charge is 2.30. The lowest BCUT2D eigenvalue weighted by Crippen LogP contribution is -2.44. The lowest BCUT2D eigenvalue weighted by molar-refractivity contribution is -0.127. The van der Waals surface area contributed by atoms with E-state index in [1.54, 1.807) is 0 Å². The minimum absolute atomic E-state index is 0.117. The number of carbonyl (C=O) groups is 1. The van der Waals surface area contributed by atoms with Crippen molar-refractivity contribution < 1.29 is 9.53 Å². The van der Waals surface area contributed by atoms with Crippen molar-refractivity contribution in [3.05, 3.63) is 0 Å². The number of rotatable bonds is 2. The zero-order chi connectivity index (χ0) is 11.5. The molecule has 1 saturated heterocycles. The average Bonchev–Trinajstić information content (AvgIpc) is 2.74. The zero-order valence-electron chi connectivity index (χ0n) is 9.95. The van der Waals surface area contributed by atoms with Gasteiger partial charge in [0.25, 0.3) is 0 Å². The van der Waals surface area contributed by atoms with Crippen LogP contribution in [-0.4, -0.2) is 31.2 Å². The van der Waals surface area contributed by atoms with Crippen molar-refractivity contribution in [2.75, 3.05) is 13.2 Å². The van der Waals surface area contributed by atoms with Gasteiger partial charge in [-0.15, -0.1) is 0 Å². The largest absolute Gasteiger partial charge is 0.379 e. The van der Waals surface area contributed by atoms with Crippen molar-refractivity contribution in [3.8, 4) is 0 Å². The summed E-state index contributed by atoms with van der Waals surface area (Å²) in [5.74, 6) is 0.850. The van der Waals surface area contributed by atoms with Crippen LogP contribution in [0.4, 0.5) is 0 Å². The summed E-state index contributed by atoms with van der Waals surface area (Å²) in [5.41, 5.74) is 6.01. The predicted molar refractivity (Wildman–Crippen MR) is 61.8 cm³/mol. The number of hydrogen-bond donors (Lipinski definition) is 2. The van der Waals surface area contributed by atoms with Crippen LogP contribution in [0.15, 0.2) is 0 Å². The van der Waals surface area contributed by atoms with E-state index >= 15 is 0 Å². The first-order chi connectivity index (χ1) is 7.66. The van der Waals surface area contributed by atoms with Crippen LogP contribution in [0.5, 0.6) is 0 Å². The van der Waals surface area contributed by atoms with Crippen LogP contribution >= 0.6 is 0 Å². The Hall–Kier alpha value is -0.610. The molecule has 4 atom stereocenters. The maximum Gasteiger partial charge on any atom is 0.223 e. The molecule has 0 aromatic rings. The third-order valence-corrected chi connectivity index (χ3v) is 3.90. The summed E-state index contributed by atoms with van der Waals surface area (Å²) in [5, 5.41) is 3.06. The predicted octanol–water partition coefficient (Wildman–Crippen LogP) is 0.655. The van der Waals surface area contributed by atoms with Crippen LogP contribution in [0, 0.1) is 11.8 Å². The fourth-order valence-electron chi connectivity index (χ4n) is 2.56. The van der Waals surface area contributed by atoms with Crippen molar-refractivity contribution in [1.82, 2.24) is 5.32 Å². The second-order valence-corrected chi connectivity index (χ2v) is 5.22. The van der Waals surface area contributed by atoms with Gasteiger partial charge in [-0.1, -0.05) is 6.92 Å². The molecule has 1 heterocycles. The molecule has 0 bridgehead atoms. The molecule has 2 fully saturated rings. The third kappa shape index (κ3) is 2.74. The Balaban J connectivity index is 1.80. The van der Waals surface area contributed by atoms with Gasteiger partial charge >= 0.3 is 0 Å². The molecule has 3 N–H and O–H groups in total. The fraction of sp³-hybridized carbons (Fsp3) is 0.917. The highest BCUT2D eigenvalue weighted by Crippen LogP contribution is 2.27. The van der Waals surface area contributed by atoms with Gasteiger partial charge in [0.1, 0.15) is 0 Å². The molecular weight excluding hydrogens is 204 g/mol. The van der Waals surface area contributed by atoms with Crippen molar-refractivity contribution in [2.24, 2.45) is 17.6 Å². The van der Waals surface area contributed by atoms with Gasteiger partial charge in [-0.3, -0.25) is 4.79 Å². The van der Waals surface area contributed by atoms with Gasteiger partial charge in [0, 0.05) is 18.6 Å². The van der Waals surface area contributed by atoms with E-state index in [0.717, 1.165) is 32.3 Å². The molecule has 2 rings (SSSR count). The number of ether oxygens (including phenoxy) is 1. The van der Waals surface area contributed by atoms with Crippen LogP contribution in [0.2, 0.25) is 0 Å². The number of amides is 1. The molecule has 4 unspecified atom stereocenters. The summed E-state index contributed by atoms with van der Waals surface area (Å²) in [4.78, 5) is 12.0. The molecular formula is C12H22N2O2. The Morgan fingerprint density at radius 3 is 2.81 bits per heavy atom. The molecule has 1 aliphatic heterocycles. The van der Waals surface area contributed by atoms with Crippen LogP contribution < -0.4 is 11.1 Å². The molecule has 1 saturated carbocycles. The van der Waals surface area contributed by atoms with Gasteiger partial charge in [0.15, 0.2) is 0 Å². The summed E-state index contributed by atoms with van der Waals surface area (Å²) in [6, 6.07) is 0.410. The summed E-state index contributed by atoms with van der Waals surface area (Å²) >= 11 is 0. The zero-order valence-corrected chi connectivity index (χ0v) is 9.95. The number of nitrogens with one attached hydrogen (secondary N) is 1. The maximum atomic E-state index is 12.0. The summed E-state index contributed by atoms with van der Waals surface area (Å²) in [7, 11) is 0. The Morgan fingerprint density at radius 1 is 1.38 bits per heavy atom. The normalized spacial score (nSPS) is 39.6. The Kier molecular flexibility index (Phi) is 3.82. The quantitative estimate of drug-likeness (QED) is 0.727. The highest BCUT2D eigenvalue weighted by atomic mass is 16.5. The number of carbonyl (C=O) groups excluding carboxylic acids is 1. The Morgan fingerprint density at radius 2 is 2.19 bits per heavy atom. The molecule has 4 nitrogen and oxygen atoms in total. The maximum absolute atomic E-state index is 12.0. The Bertz CT molecular complexity index is 251. The van der Waals surface area contributed by atoms with Gasteiger partial charge < -0.3 is 15.8 Å². The topological polar surface area (TPSA) is 64.3 Å². The second-order valence-electron chi connectivity index (χ2n) is 5.22. The molecule has 2 aliphatic rings. The molecule has 1 amide bonds. The molecule has 1 aliphatic carbocycles. The van der Waals surface area contributed by atoms with E-state index in [0.29, 0.717) is 12.5 Å². The molecule has 0 aromatic heterocycles. The van der Waals surface area contributed by atoms with Gasteiger partial charge in [-0.05, 0) is 31.6 Å². The fourth-order valence-corrected chi connectivity index (χ4v) is 2.56. The minimum atomic E-state index is 0.117. The number of nitrogens with two attached hydrogens (primary N) is 1. The summed E-state index contributed by atoms with van der Waals surface area (Å²) in [6.07, 6.45) is 3.83. The Labute approximate surface area is 96.9 Å². The molecule has 0 radical (unpaired) electrons. The molecule has 0 spiro atoms. The minimum Gasteiger partial charge on any atom is -0.379 e. The van der Waals surface area contributed by atoms with Gasteiger partial charge in [-0.2, -0.15) is 0 Å². The lowest BCUT2D eigenvalue weighted by atomic mass is 9.79. The standard InChI is InChI=1S/C12H22N2O2/c1-8-2-3-9(6-11(8)13)12(15)14-10-4-5-16-7-10/h8-11H,2-7,13H2,1H3,(H,14,15). The first kappa shape index (κ1) is 11.9. The van der Waals surface area contributed by atoms with Crippen molar-refractivity contribution in [1.29, 1.82) is 0 Å². The van der Waals surface area contributed by atoms with E-state index in [4.69, 9.17) is 10.5 Å². The molecule has 0 aromatic carbocycles. The first-order valence-corrected chi connectivity index (χ1v) is 6.30. The lowest BCUT2D eigenvalue weighted by Gasteiger charge is -2.31. The average molecular weight is 226 g/mol. The van der Waals surface area contributed by atoms with Crippen molar-refractivity contribution in [3.63, 3.8) is 0 Å². The van der Waals surface area contributed by atoms with Crippen LogP contribution in [0.3, 0.4) is 0 Å². The van der Waals surface area contributed by atoms with Gasteiger partial charge in [0.05, 0.1) is 12.6 Å². The molecule has 92 valence electrons. The van der Waals surface area contributed by atoms with Crippen LogP contribution in [0.25, 0.3) is 0 Å². The van der Waals surface area contributed by atoms with Gasteiger partial charge in [-0.25, -0.2) is 0 Å². The molecule has 4 heteroatoms. The van der Waals surface area contributed by atoms with Gasteiger partial charge in [0.2, 0.25) is 5.91 Å². The summed E-state index contributed by atoms with van der Waals surface area (Å²) < 4.78 is 5.24. The van der Waals surface area contributed by atoms with E-state index < -0.39 is 0 Å².